The number of hydrogen-bond donors (Lipinski definition) is 1. The number of hydrogen-bond acceptors (Lipinski definition) is 5. The largest absolute Gasteiger partial charge is 0.332 e. The number of nitrogens with one attached hydrogen (secondary N) is 1. The van der Waals surface area contributed by atoms with Gasteiger partial charge in [-0.1, -0.05) is 23.2 Å². The molecule has 0 radical (unpaired) electrons. The number of pyridine rings is 2. The fourth-order valence-corrected chi connectivity index (χ4v) is 3.42. The van der Waals surface area contributed by atoms with E-state index in [9.17, 15) is 14.4 Å². The summed E-state index contributed by atoms with van der Waals surface area (Å²) >= 11 is 11.9. The van der Waals surface area contributed by atoms with E-state index in [4.69, 9.17) is 23.2 Å². The molecule has 3 heterocycles. The summed E-state index contributed by atoms with van der Waals surface area (Å²) in [6.07, 6.45) is 4.61. The van der Waals surface area contributed by atoms with Crippen LogP contribution in [0.15, 0.2) is 70.6 Å². The van der Waals surface area contributed by atoms with Crippen molar-refractivity contribution in [3.8, 4) is 0 Å². The van der Waals surface area contributed by atoms with Crippen LogP contribution >= 0.6 is 23.2 Å². The molecule has 31 heavy (non-hydrogen) atoms. The molecule has 4 rings (SSSR count). The molecule has 0 atom stereocenters. The Hall–Kier alpha value is -3.49. The monoisotopic (exact) mass is 455 g/mol. The molecule has 0 aliphatic rings. The first kappa shape index (κ1) is 20.8. The van der Waals surface area contributed by atoms with Crippen molar-refractivity contribution in [2.24, 2.45) is 0 Å². The maximum absolute atomic E-state index is 13.2. The minimum atomic E-state index is -0.619. The zero-order valence-corrected chi connectivity index (χ0v) is 17.5. The molecule has 0 fully saturated rings. The number of rotatable bonds is 5. The van der Waals surface area contributed by atoms with Crippen LogP contribution in [0, 0.1) is 0 Å². The highest BCUT2D eigenvalue weighted by Gasteiger charge is 2.16. The zero-order chi connectivity index (χ0) is 22.0. The van der Waals surface area contributed by atoms with E-state index in [0.717, 1.165) is 10.1 Å². The van der Waals surface area contributed by atoms with Crippen LogP contribution in [-0.4, -0.2) is 25.0 Å². The van der Waals surface area contributed by atoms with Gasteiger partial charge >= 0.3 is 5.69 Å². The van der Waals surface area contributed by atoms with E-state index < -0.39 is 17.2 Å². The molecular formula is C21H15Cl2N5O3. The van der Waals surface area contributed by atoms with Crippen molar-refractivity contribution < 1.29 is 4.79 Å². The molecule has 3 aromatic heterocycles. The first-order valence-electron chi connectivity index (χ1n) is 9.16. The van der Waals surface area contributed by atoms with Crippen LogP contribution in [-0.2, 0) is 17.9 Å². The molecule has 10 heteroatoms. The maximum atomic E-state index is 13.2. The molecule has 156 valence electrons. The Labute approximate surface area is 185 Å². The summed E-state index contributed by atoms with van der Waals surface area (Å²) in [5, 5.41) is 3.32. The van der Waals surface area contributed by atoms with E-state index in [1.807, 2.05) is 0 Å². The average Bonchev–Trinajstić information content (AvgIpc) is 2.77. The van der Waals surface area contributed by atoms with Crippen molar-refractivity contribution in [2.75, 3.05) is 5.32 Å². The average molecular weight is 456 g/mol. The van der Waals surface area contributed by atoms with Crippen LogP contribution in [0.25, 0.3) is 11.0 Å². The molecule has 0 spiro atoms. The Morgan fingerprint density at radius 1 is 0.968 bits per heavy atom. The first-order chi connectivity index (χ1) is 14.9. The van der Waals surface area contributed by atoms with Crippen LogP contribution in [0.1, 0.15) is 5.56 Å². The molecular weight excluding hydrogens is 441 g/mol. The van der Waals surface area contributed by atoms with Gasteiger partial charge < -0.3 is 5.32 Å². The highest BCUT2D eigenvalue weighted by molar-refractivity contribution is 6.42. The van der Waals surface area contributed by atoms with E-state index in [1.54, 1.807) is 48.8 Å². The van der Waals surface area contributed by atoms with Crippen molar-refractivity contribution in [3.63, 3.8) is 0 Å². The first-order valence-corrected chi connectivity index (χ1v) is 9.92. The third-order valence-electron chi connectivity index (χ3n) is 4.58. The summed E-state index contributed by atoms with van der Waals surface area (Å²) in [5.74, 6) is -0.472. The molecule has 8 nitrogen and oxygen atoms in total. The topological polar surface area (TPSA) is 98.9 Å². The quantitative estimate of drug-likeness (QED) is 0.498. The number of benzene rings is 1. The second-order valence-corrected chi connectivity index (χ2v) is 7.48. The van der Waals surface area contributed by atoms with Gasteiger partial charge in [-0.2, -0.15) is 0 Å². The Balaban J connectivity index is 1.74. The van der Waals surface area contributed by atoms with Gasteiger partial charge in [0.15, 0.2) is 5.52 Å². The lowest BCUT2D eigenvalue weighted by atomic mass is 10.2. The number of carbonyl (C=O) groups excluding carboxylic acids is 1. The van der Waals surface area contributed by atoms with Gasteiger partial charge in [0.05, 0.1) is 22.1 Å². The molecule has 1 aromatic carbocycles. The number of fused-ring (bicyclic) bond motifs is 1. The number of anilines is 1. The summed E-state index contributed by atoms with van der Waals surface area (Å²) < 4.78 is 2.27. The van der Waals surface area contributed by atoms with Crippen LogP contribution < -0.4 is 16.6 Å². The van der Waals surface area contributed by atoms with Crippen molar-refractivity contribution in [1.82, 2.24) is 19.1 Å². The summed E-state index contributed by atoms with van der Waals surface area (Å²) in [7, 11) is 0. The molecule has 0 aliphatic heterocycles. The van der Waals surface area contributed by atoms with E-state index in [0.29, 0.717) is 10.7 Å². The molecule has 0 saturated heterocycles. The molecule has 1 amide bonds. The van der Waals surface area contributed by atoms with Gasteiger partial charge in [-0.05, 0) is 48.0 Å². The lowest BCUT2D eigenvalue weighted by Gasteiger charge is -2.14. The molecule has 4 aromatic rings. The smallest absolute Gasteiger partial charge is 0.324 e. The van der Waals surface area contributed by atoms with Gasteiger partial charge in [0.1, 0.15) is 6.54 Å². The Morgan fingerprint density at radius 2 is 1.74 bits per heavy atom. The molecule has 0 bridgehead atoms. The van der Waals surface area contributed by atoms with Crippen molar-refractivity contribution >= 4 is 45.8 Å². The highest BCUT2D eigenvalue weighted by Crippen LogP contribution is 2.25. The second kappa shape index (κ2) is 8.71. The second-order valence-electron chi connectivity index (χ2n) is 6.66. The lowest BCUT2D eigenvalue weighted by molar-refractivity contribution is -0.116. The lowest BCUT2D eigenvalue weighted by Crippen LogP contribution is -2.42. The van der Waals surface area contributed by atoms with Crippen LogP contribution in [0.3, 0.4) is 0 Å². The molecule has 1 N–H and O–H groups in total. The van der Waals surface area contributed by atoms with Gasteiger partial charge in [-0.25, -0.2) is 9.78 Å². The van der Waals surface area contributed by atoms with Crippen LogP contribution in [0.2, 0.25) is 10.0 Å². The molecule has 0 saturated carbocycles. The van der Waals surface area contributed by atoms with E-state index in [2.05, 4.69) is 15.3 Å². The molecule has 0 aliphatic carbocycles. The summed E-state index contributed by atoms with van der Waals surface area (Å²) in [4.78, 5) is 46.8. The number of nitrogens with zero attached hydrogens (tertiary/aromatic N) is 4. The van der Waals surface area contributed by atoms with Crippen LogP contribution in [0.5, 0.6) is 0 Å². The Morgan fingerprint density at radius 3 is 2.48 bits per heavy atom. The third-order valence-corrected chi connectivity index (χ3v) is 5.32. The zero-order valence-electron chi connectivity index (χ0n) is 16.0. The van der Waals surface area contributed by atoms with Gasteiger partial charge in [0, 0.05) is 24.3 Å². The highest BCUT2D eigenvalue weighted by atomic mass is 35.5. The number of amides is 1. The minimum Gasteiger partial charge on any atom is -0.324 e. The number of carbonyl (C=O) groups is 1. The van der Waals surface area contributed by atoms with Gasteiger partial charge in [-0.15, -0.1) is 0 Å². The maximum Gasteiger partial charge on any atom is 0.332 e. The fourth-order valence-electron chi connectivity index (χ4n) is 3.12. The standard InChI is InChI=1S/C21H15Cl2N5O3/c22-15-4-3-14(10-16(15)23)26-18(29)12-27-17-2-1-7-25-19(17)20(30)28(21(27)31)11-13-5-8-24-9-6-13/h1-10H,11-12H2,(H,26,29). The summed E-state index contributed by atoms with van der Waals surface area (Å²) in [6, 6.07) is 11.2. The van der Waals surface area contributed by atoms with E-state index >= 15 is 0 Å². The summed E-state index contributed by atoms with van der Waals surface area (Å²) in [6.45, 7) is -0.293. The number of halogens is 2. The minimum absolute atomic E-state index is 0.0289. The Bertz CT molecular complexity index is 1400. The van der Waals surface area contributed by atoms with Gasteiger partial charge in [-0.3, -0.25) is 23.7 Å². The van der Waals surface area contributed by atoms with Gasteiger partial charge in [0.25, 0.3) is 5.56 Å². The van der Waals surface area contributed by atoms with E-state index in [-0.39, 0.29) is 29.1 Å². The van der Waals surface area contributed by atoms with E-state index in [1.165, 1.54) is 16.8 Å². The van der Waals surface area contributed by atoms with Gasteiger partial charge in [0.2, 0.25) is 5.91 Å². The third kappa shape index (κ3) is 4.35. The number of aromatic nitrogens is 4. The van der Waals surface area contributed by atoms with Crippen molar-refractivity contribution in [2.45, 2.75) is 13.1 Å². The normalized spacial score (nSPS) is 10.9. The summed E-state index contributed by atoms with van der Waals surface area (Å²) in [5.41, 5.74) is 0.368. The van der Waals surface area contributed by atoms with Crippen molar-refractivity contribution in [3.05, 3.63) is 97.5 Å². The molecule has 0 unspecified atom stereocenters. The fraction of sp³-hybridized carbons (Fsp3) is 0.0952. The van der Waals surface area contributed by atoms with Crippen LogP contribution in [0.4, 0.5) is 5.69 Å². The Kier molecular flexibility index (Phi) is 5.83. The SMILES string of the molecule is O=C(Cn1c(=O)n(Cc2ccncc2)c(=O)c2ncccc21)Nc1ccc(Cl)c(Cl)c1. The van der Waals surface area contributed by atoms with Crippen molar-refractivity contribution in [1.29, 1.82) is 0 Å². The predicted octanol–water partition coefficient (Wildman–Crippen LogP) is 2.95. The predicted molar refractivity (Wildman–Crippen MR) is 119 cm³/mol.